The molecule has 0 radical (unpaired) electrons. The molecule has 0 atom stereocenters. The van der Waals surface area contributed by atoms with E-state index in [1.54, 1.807) is 30.4 Å². The number of hydrogen-bond donors (Lipinski definition) is 1. The standard InChI is InChI=1S/C17H17N5O/c1-22(11-8-13-6-2-4-9-18-13)17(23)16-12-15(20-21-16)14-7-3-5-10-19-14/h2-7,9-10,12H,8,11H2,1H3,(H,20,21). The molecule has 0 aliphatic rings. The Morgan fingerprint density at radius 2 is 1.87 bits per heavy atom. The largest absolute Gasteiger partial charge is 0.340 e. The lowest BCUT2D eigenvalue weighted by molar-refractivity contribution is 0.0790. The quantitative estimate of drug-likeness (QED) is 0.784. The minimum Gasteiger partial charge on any atom is -0.340 e. The van der Waals surface area contributed by atoms with Crippen LogP contribution in [0.4, 0.5) is 0 Å². The molecule has 0 bridgehead atoms. The summed E-state index contributed by atoms with van der Waals surface area (Å²) in [5, 5.41) is 6.95. The van der Waals surface area contributed by atoms with Crippen molar-refractivity contribution >= 4 is 5.91 Å². The van der Waals surface area contributed by atoms with Crippen molar-refractivity contribution in [1.29, 1.82) is 0 Å². The summed E-state index contributed by atoms with van der Waals surface area (Å²) in [5.74, 6) is -0.101. The molecule has 6 nitrogen and oxygen atoms in total. The van der Waals surface area contributed by atoms with Gasteiger partial charge < -0.3 is 4.90 Å². The molecule has 0 saturated heterocycles. The monoisotopic (exact) mass is 307 g/mol. The molecule has 3 aromatic heterocycles. The molecule has 0 fully saturated rings. The Morgan fingerprint density at radius 3 is 2.57 bits per heavy atom. The number of nitrogens with one attached hydrogen (secondary N) is 1. The van der Waals surface area contributed by atoms with Gasteiger partial charge >= 0.3 is 0 Å². The molecule has 0 saturated carbocycles. The molecule has 3 rings (SSSR count). The maximum absolute atomic E-state index is 12.4. The average Bonchev–Trinajstić information content (AvgIpc) is 3.11. The number of aromatic amines is 1. The third-order valence-corrected chi connectivity index (χ3v) is 3.51. The number of nitrogens with zero attached hydrogens (tertiary/aromatic N) is 4. The van der Waals surface area contributed by atoms with Crippen LogP contribution in [-0.2, 0) is 6.42 Å². The highest BCUT2D eigenvalue weighted by Gasteiger charge is 2.15. The van der Waals surface area contributed by atoms with Gasteiger partial charge in [0.2, 0.25) is 0 Å². The molecule has 0 unspecified atom stereocenters. The van der Waals surface area contributed by atoms with Crippen LogP contribution in [0.2, 0.25) is 0 Å². The van der Waals surface area contributed by atoms with E-state index in [0.29, 0.717) is 24.4 Å². The first-order valence-electron chi connectivity index (χ1n) is 7.36. The van der Waals surface area contributed by atoms with Crippen LogP contribution < -0.4 is 0 Å². The third kappa shape index (κ3) is 3.60. The van der Waals surface area contributed by atoms with Crippen LogP contribution in [0.15, 0.2) is 54.9 Å². The molecule has 6 heteroatoms. The van der Waals surface area contributed by atoms with Crippen molar-refractivity contribution in [3.05, 3.63) is 66.2 Å². The summed E-state index contributed by atoms with van der Waals surface area (Å²) < 4.78 is 0. The molecule has 0 spiro atoms. The lowest BCUT2D eigenvalue weighted by Gasteiger charge is -2.15. The summed E-state index contributed by atoms with van der Waals surface area (Å²) >= 11 is 0. The number of carbonyl (C=O) groups is 1. The number of hydrogen-bond acceptors (Lipinski definition) is 4. The van der Waals surface area contributed by atoms with E-state index in [1.165, 1.54) is 0 Å². The van der Waals surface area contributed by atoms with E-state index in [0.717, 1.165) is 11.4 Å². The lowest BCUT2D eigenvalue weighted by atomic mass is 10.2. The average molecular weight is 307 g/mol. The van der Waals surface area contributed by atoms with Crippen molar-refractivity contribution in [1.82, 2.24) is 25.1 Å². The number of carbonyl (C=O) groups excluding carboxylic acids is 1. The van der Waals surface area contributed by atoms with E-state index >= 15 is 0 Å². The van der Waals surface area contributed by atoms with E-state index in [-0.39, 0.29) is 5.91 Å². The van der Waals surface area contributed by atoms with Gasteiger partial charge in [-0.3, -0.25) is 19.9 Å². The number of aromatic nitrogens is 4. The molecule has 0 aliphatic carbocycles. The van der Waals surface area contributed by atoms with E-state index in [9.17, 15) is 4.79 Å². The van der Waals surface area contributed by atoms with Gasteiger partial charge in [0.25, 0.3) is 5.91 Å². The number of pyridine rings is 2. The van der Waals surface area contributed by atoms with Crippen LogP contribution in [0.1, 0.15) is 16.2 Å². The topological polar surface area (TPSA) is 74.8 Å². The molecular weight excluding hydrogens is 290 g/mol. The van der Waals surface area contributed by atoms with E-state index in [2.05, 4.69) is 20.2 Å². The van der Waals surface area contributed by atoms with Crippen LogP contribution in [0.25, 0.3) is 11.4 Å². The molecule has 3 aromatic rings. The van der Waals surface area contributed by atoms with Gasteiger partial charge in [-0.05, 0) is 30.3 Å². The van der Waals surface area contributed by atoms with Crippen molar-refractivity contribution < 1.29 is 4.79 Å². The van der Waals surface area contributed by atoms with Crippen molar-refractivity contribution in [3.63, 3.8) is 0 Å². The van der Waals surface area contributed by atoms with Crippen LogP contribution in [-0.4, -0.2) is 44.6 Å². The fraction of sp³-hybridized carbons (Fsp3) is 0.176. The van der Waals surface area contributed by atoms with Crippen molar-refractivity contribution in [2.24, 2.45) is 0 Å². The summed E-state index contributed by atoms with van der Waals surface area (Å²) in [6.07, 6.45) is 4.17. The highest BCUT2D eigenvalue weighted by Crippen LogP contribution is 2.15. The van der Waals surface area contributed by atoms with Gasteiger partial charge in [0.1, 0.15) is 11.4 Å². The summed E-state index contributed by atoms with van der Waals surface area (Å²) in [5.41, 5.74) is 2.81. The van der Waals surface area contributed by atoms with Crippen LogP contribution >= 0.6 is 0 Å². The van der Waals surface area contributed by atoms with Crippen LogP contribution in [0.3, 0.4) is 0 Å². The minimum absolute atomic E-state index is 0.101. The van der Waals surface area contributed by atoms with Crippen molar-refractivity contribution in [2.45, 2.75) is 6.42 Å². The van der Waals surface area contributed by atoms with Gasteiger partial charge in [0.05, 0.1) is 5.69 Å². The van der Waals surface area contributed by atoms with Gasteiger partial charge in [-0.1, -0.05) is 12.1 Å². The SMILES string of the molecule is CN(CCc1ccccn1)C(=O)c1cc(-c2ccccn2)n[nH]1. The predicted molar refractivity (Wildman–Crippen MR) is 86.7 cm³/mol. The molecule has 1 amide bonds. The van der Waals surface area contributed by atoms with E-state index < -0.39 is 0 Å². The normalized spacial score (nSPS) is 10.5. The van der Waals surface area contributed by atoms with Gasteiger partial charge in [-0.25, -0.2) is 0 Å². The molecule has 3 heterocycles. The van der Waals surface area contributed by atoms with Gasteiger partial charge in [-0.2, -0.15) is 5.10 Å². The zero-order valence-electron chi connectivity index (χ0n) is 12.8. The number of H-pyrrole nitrogens is 1. The number of rotatable bonds is 5. The first kappa shape index (κ1) is 14.9. The first-order chi connectivity index (χ1) is 11.2. The third-order valence-electron chi connectivity index (χ3n) is 3.51. The number of amides is 1. The predicted octanol–water partition coefficient (Wildman–Crippen LogP) is 2.18. The molecule has 23 heavy (non-hydrogen) atoms. The summed E-state index contributed by atoms with van der Waals surface area (Å²) in [4.78, 5) is 22.6. The highest BCUT2D eigenvalue weighted by atomic mass is 16.2. The minimum atomic E-state index is -0.101. The molecule has 1 N–H and O–H groups in total. The van der Waals surface area contributed by atoms with Gasteiger partial charge in [0, 0.05) is 38.1 Å². The summed E-state index contributed by atoms with van der Waals surface area (Å²) in [6.45, 7) is 0.591. The first-order valence-corrected chi connectivity index (χ1v) is 7.36. The molecule has 0 aromatic carbocycles. The van der Waals surface area contributed by atoms with Gasteiger partial charge in [-0.15, -0.1) is 0 Å². The Labute approximate surface area is 134 Å². The van der Waals surface area contributed by atoms with Gasteiger partial charge in [0.15, 0.2) is 0 Å². The summed E-state index contributed by atoms with van der Waals surface area (Å²) in [7, 11) is 1.77. The fourth-order valence-corrected chi connectivity index (χ4v) is 2.21. The van der Waals surface area contributed by atoms with E-state index in [4.69, 9.17) is 0 Å². The number of likely N-dealkylation sites (N-methyl/N-ethyl adjacent to an activating group) is 1. The van der Waals surface area contributed by atoms with Crippen molar-refractivity contribution in [3.8, 4) is 11.4 Å². The lowest BCUT2D eigenvalue weighted by Crippen LogP contribution is -2.29. The second-order valence-electron chi connectivity index (χ2n) is 5.18. The van der Waals surface area contributed by atoms with Crippen LogP contribution in [0.5, 0.6) is 0 Å². The maximum Gasteiger partial charge on any atom is 0.271 e. The second-order valence-corrected chi connectivity index (χ2v) is 5.18. The Bertz CT molecular complexity index is 770. The molecular formula is C17H17N5O. The zero-order chi connectivity index (χ0) is 16.1. The Morgan fingerprint density at radius 1 is 1.09 bits per heavy atom. The fourth-order valence-electron chi connectivity index (χ4n) is 2.21. The molecule has 116 valence electrons. The Hall–Kier alpha value is -3.02. The Kier molecular flexibility index (Phi) is 4.42. The Balaban J connectivity index is 1.65. The van der Waals surface area contributed by atoms with Crippen LogP contribution in [0, 0.1) is 0 Å². The summed E-state index contributed by atoms with van der Waals surface area (Å²) in [6, 6.07) is 13.1. The molecule has 0 aliphatic heterocycles. The smallest absolute Gasteiger partial charge is 0.271 e. The maximum atomic E-state index is 12.4. The highest BCUT2D eigenvalue weighted by molar-refractivity contribution is 5.93. The second kappa shape index (κ2) is 6.83. The zero-order valence-corrected chi connectivity index (χ0v) is 12.8. The van der Waals surface area contributed by atoms with Crippen molar-refractivity contribution in [2.75, 3.05) is 13.6 Å². The van der Waals surface area contributed by atoms with E-state index in [1.807, 2.05) is 36.4 Å².